The molecule has 1 aromatic rings. The SMILES string of the molecule is C=C(C=O)/C=C1/N=C(c2cccc([N+](=O)[O-])c2)C=C(N2CCOCC2)N1C.CC.CO. The number of hydrogen-bond donors (Lipinski definition) is 1. The quantitative estimate of drug-likeness (QED) is 0.331. The first-order valence-electron chi connectivity index (χ1n) is 9.92. The van der Waals surface area contributed by atoms with E-state index in [2.05, 4.69) is 16.5 Å². The van der Waals surface area contributed by atoms with Gasteiger partial charge in [-0.15, -0.1) is 0 Å². The molecule has 31 heavy (non-hydrogen) atoms. The van der Waals surface area contributed by atoms with E-state index in [1.807, 2.05) is 31.9 Å². The summed E-state index contributed by atoms with van der Waals surface area (Å²) >= 11 is 0. The van der Waals surface area contributed by atoms with Gasteiger partial charge in [-0.25, -0.2) is 4.99 Å². The Morgan fingerprint density at radius 2 is 1.94 bits per heavy atom. The van der Waals surface area contributed by atoms with Gasteiger partial charge < -0.3 is 19.6 Å². The number of morpholine rings is 1. The van der Waals surface area contributed by atoms with Crippen LogP contribution < -0.4 is 0 Å². The summed E-state index contributed by atoms with van der Waals surface area (Å²) < 4.78 is 5.42. The van der Waals surface area contributed by atoms with Crippen molar-refractivity contribution in [3.63, 3.8) is 0 Å². The third-order valence-corrected chi connectivity index (χ3v) is 4.34. The molecule has 1 aromatic carbocycles. The molecule has 0 aliphatic carbocycles. The standard InChI is InChI=1S/C19H20N4O4.C2H6.CH4O/c1-14(13-24)10-18-20-17(15-4-3-5-16(11-15)23(25)26)12-19(21(18)2)22-6-8-27-9-7-22;2*1-2/h3-5,10-13H,1,6-9H2,2H3;1-2H3;2H,1H3/b18-10-;;. The molecule has 0 unspecified atom stereocenters. The average molecular weight is 431 g/mol. The highest BCUT2D eigenvalue weighted by Gasteiger charge is 2.24. The van der Waals surface area contributed by atoms with Crippen LogP contribution in [0.4, 0.5) is 5.69 Å². The third kappa shape index (κ3) is 6.87. The first kappa shape index (κ1) is 25.7. The predicted octanol–water partition coefficient (Wildman–Crippen LogP) is 2.73. The number of benzene rings is 1. The predicted molar refractivity (Wildman–Crippen MR) is 121 cm³/mol. The molecule has 2 heterocycles. The molecule has 0 spiro atoms. The zero-order valence-electron chi connectivity index (χ0n) is 18.4. The highest BCUT2D eigenvalue weighted by Crippen LogP contribution is 2.26. The van der Waals surface area contributed by atoms with Crippen LogP contribution in [0.25, 0.3) is 0 Å². The summed E-state index contributed by atoms with van der Waals surface area (Å²) in [7, 11) is 2.86. The van der Waals surface area contributed by atoms with E-state index >= 15 is 0 Å². The lowest BCUT2D eigenvalue weighted by molar-refractivity contribution is -0.384. The number of rotatable bonds is 5. The van der Waals surface area contributed by atoms with Gasteiger partial charge >= 0.3 is 0 Å². The van der Waals surface area contributed by atoms with Gasteiger partial charge in [0.2, 0.25) is 0 Å². The van der Waals surface area contributed by atoms with Gasteiger partial charge in [0.05, 0.1) is 23.8 Å². The Hall–Kier alpha value is -3.30. The number of nitrogens with zero attached hydrogens (tertiary/aromatic N) is 4. The summed E-state index contributed by atoms with van der Waals surface area (Å²) in [5.74, 6) is 1.43. The summed E-state index contributed by atoms with van der Waals surface area (Å²) in [5.41, 5.74) is 1.51. The van der Waals surface area contributed by atoms with Crippen LogP contribution in [0, 0.1) is 10.1 Å². The molecule has 0 radical (unpaired) electrons. The van der Waals surface area contributed by atoms with Crippen LogP contribution in [-0.2, 0) is 9.53 Å². The van der Waals surface area contributed by atoms with Crippen molar-refractivity contribution in [1.82, 2.24) is 9.80 Å². The minimum Gasteiger partial charge on any atom is -0.400 e. The molecule has 1 fully saturated rings. The number of nitro benzene ring substituents is 1. The Labute approximate surface area is 182 Å². The highest BCUT2D eigenvalue weighted by molar-refractivity contribution is 6.10. The second-order valence-corrected chi connectivity index (χ2v) is 6.16. The fourth-order valence-electron chi connectivity index (χ4n) is 2.92. The van der Waals surface area contributed by atoms with Crippen molar-refractivity contribution in [1.29, 1.82) is 0 Å². The molecule has 0 bridgehead atoms. The molecule has 9 nitrogen and oxygen atoms in total. The number of aliphatic imine (C=N–C) groups is 1. The second-order valence-electron chi connectivity index (χ2n) is 6.16. The summed E-state index contributed by atoms with van der Waals surface area (Å²) in [4.78, 5) is 30.3. The van der Waals surface area contributed by atoms with Crippen LogP contribution in [0.1, 0.15) is 19.4 Å². The number of carbonyl (C=O) groups is 1. The van der Waals surface area contributed by atoms with Gasteiger partial charge in [0, 0.05) is 56.6 Å². The third-order valence-electron chi connectivity index (χ3n) is 4.34. The first-order valence-corrected chi connectivity index (χ1v) is 9.92. The largest absolute Gasteiger partial charge is 0.400 e. The molecule has 1 N–H and O–H groups in total. The molecule has 2 aliphatic heterocycles. The fourth-order valence-corrected chi connectivity index (χ4v) is 2.92. The lowest BCUT2D eigenvalue weighted by Crippen LogP contribution is -2.42. The normalized spacial score (nSPS) is 16.7. The molecule has 0 aromatic heterocycles. The molecule has 168 valence electrons. The minimum absolute atomic E-state index is 0.00159. The fraction of sp³-hybridized carbons (Fsp3) is 0.364. The van der Waals surface area contributed by atoms with E-state index in [1.54, 1.807) is 18.2 Å². The maximum atomic E-state index is 11.1. The van der Waals surface area contributed by atoms with Crippen molar-refractivity contribution >= 4 is 17.7 Å². The molecular formula is C22H30N4O5. The smallest absolute Gasteiger partial charge is 0.270 e. The van der Waals surface area contributed by atoms with Crippen molar-refractivity contribution in [2.75, 3.05) is 40.5 Å². The number of allylic oxidation sites excluding steroid dienone is 3. The maximum absolute atomic E-state index is 11.1. The van der Waals surface area contributed by atoms with Crippen molar-refractivity contribution in [3.05, 3.63) is 75.9 Å². The van der Waals surface area contributed by atoms with Gasteiger partial charge in [0.25, 0.3) is 5.69 Å². The van der Waals surface area contributed by atoms with E-state index < -0.39 is 4.92 Å². The average Bonchev–Trinajstić information content (AvgIpc) is 2.83. The first-order chi connectivity index (χ1) is 15.0. The zero-order valence-corrected chi connectivity index (χ0v) is 18.4. The van der Waals surface area contributed by atoms with Crippen LogP contribution in [-0.4, -0.2) is 72.3 Å². The van der Waals surface area contributed by atoms with Crippen LogP contribution in [0.5, 0.6) is 0 Å². The van der Waals surface area contributed by atoms with Gasteiger partial charge in [0.15, 0.2) is 0 Å². The molecule has 9 heteroatoms. The van der Waals surface area contributed by atoms with E-state index in [-0.39, 0.29) is 5.69 Å². The van der Waals surface area contributed by atoms with Gasteiger partial charge in [-0.05, 0) is 6.08 Å². The summed E-state index contributed by atoms with van der Waals surface area (Å²) in [5, 5.41) is 18.1. The van der Waals surface area contributed by atoms with Crippen molar-refractivity contribution < 1.29 is 19.6 Å². The van der Waals surface area contributed by atoms with Gasteiger partial charge in [0.1, 0.15) is 17.9 Å². The van der Waals surface area contributed by atoms with E-state index in [1.165, 1.54) is 12.1 Å². The molecule has 0 saturated carbocycles. The maximum Gasteiger partial charge on any atom is 0.270 e. The molecule has 2 aliphatic rings. The number of nitro groups is 1. The Morgan fingerprint density at radius 3 is 2.52 bits per heavy atom. The second kappa shape index (κ2) is 13.1. The number of aliphatic hydroxyl groups is 1. The van der Waals surface area contributed by atoms with Gasteiger partial charge in [-0.2, -0.15) is 0 Å². The Bertz CT molecular complexity index is 870. The Balaban J connectivity index is 0.00000113. The lowest BCUT2D eigenvalue weighted by Gasteiger charge is -2.38. The number of aldehydes is 1. The van der Waals surface area contributed by atoms with Crippen molar-refractivity contribution in [3.8, 4) is 0 Å². The van der Waals surface area contributed by atoms with Crippen molar-refractivity contribution in [2.24, 2.45) is 4.99 Å². The van der Waals surface area contributed by atoms with E-state index in [0.29, 0.717) is 42.2 Å². The van der Waals surface area contributed by atoms with Gasteiger partial charge in [-0.3, -0.25) is 14.9 Å². The Morgan fingerprint density at radius 1 is 1.29 bits per heavy atom. The topological polar surface area (TPSA) is 109 Å². The number of non-ortho nitro benzene ring substituents is 1. The monoisotopic (exact) mass is 430 g/mol. The molecule has 0 amide bonds. The van der Waals surface area contributed by atoms with Crippen LogP contribution in [0.15, 0.2) is 65.2 Å². The van der Waals surface area contributed by atoms with Crippen LogP contribution >= 0.6 is 0 Å². The minimum atomic E-state index is -0.434. The summed E-state index contributed by atoms with van der Waals surface area (Å²) in [6, 6.07) is 6.33. The van der Waals surface area contributed by atoms with Crippen LogP contribution in [0.2, 0.25) is 0 Å². The number of aliphatic hydroxyl groups excluding tert-OH is 1. The van der Waals surface area contributed by atoms with Gasteiger partial charge in [-0.1, -0.05) is 32.6 Å². The lowest BCUT2D eigenvalue weighted by atomic mass is 10.1. The van der Waals surface area contributed by atoms with E-state index in [9.17, 15) is 14.9 Å². The Kier molecular flexibility index (Phi) is 10.9. The highest BCUT2D eigenvalue weighted by atomic mass is 16.6. The van der Waals surface area contributed by atoms with E-state index in [0.717, 1.165) is 26.0 Å². The summed E-state index contributed by atoms with van der Waals surface area (Å²) in [6.45, 7) is 10.4. The number of ether oxygens (including phenoxy) is 1. The zero-order chi connectivity index (χ0) is 23.4. The number of carbonyl (C=O) groups excluding carboxylic acids is 1. The number of hydrogen-bond acceptors (Lipinski definition) is 8. The molecule has 0 atom stereocenters. The molecular weight excluding hydrogens is 400 g/mol. The molecule has 1 saturated heterocycles. The van der Waals surface area contributed by atoms with E-state index in [4.69, 9.17) is 9.84 Å². The van der Waals surface area contributed by atoms with Crippen LogP contribution in [0.3, 0.4) is 0 Å². The molecule has 3 rings (SSSR count). The summed E-state index contributed by atoms with van der Waals surface area (Å²) in [6.07, 6.45) is 4.15. The van der Waals surface area contributed by atoms with Crippen molar-refractivity contribution in [2.45, 2.75) is 13.8 Å².